The second-order valence-corrected chi connectivity index (χ2v) is 5.40. The van der Waals surface area contributed by atoms with Gasteiger partial charge in [0, 0.05) is 37.1 Å². The summed E-state index contributed by atoms with van der Waals surface area (Å²) in [5.74, 6) is 1.25. The van der Waals surface area contributed by atoms with Crippen LogP contribution in [0.15, 0.2) is 29.0 Å². The molecular weight excluding hydrogens is 270 g/mol. The molecular formula is C14H17N5O2. The first-order valence-electron chi connectivity index (χ1n) is 6.93. The Morgan fingerprint density at radius 2 is 2.10 bits per heavy atom. The number of rotatable bonds is 3. The Balaban J connectivity index is 1.61. The lowest BCUT2D eigenvalue weighted by molar-refractivity contribution is 0.135. The van der Waals surface area contributed by atoms with E-state index < -0.39 is 0 Å². The van der Waals surface area contributed by atoms with E-state index in [0.29, 0.717) is 24.8 Å². The van der Waals surface area contributed by atoms with Crippen molar-refractivity contribution in [3.05, 3.63) is 30.4 Å². The molecule has 1 aliphatic rings. The SMILES string of the molecule is CC(C)NC(=O)N1CC(c2nc(-c3ccncc3)no2)C1. The monoisotopic (exact) mass is 287 g/mol. The summed E-state index contributed by atoms with van der Waals surface area (Å²) in [6.07, 6.45) is 3.37. The molecule has 2 amide bonds. The Labute approximate surface area is 122 Å². The smallest absolute Gasteiger partial charge is 0.317 e. The van der Waals surface area contributed by atoms with E-state index in [-0.39, 0.29) is 18.0 Å². The normalized spacial score (nSPS) is 15.1. The van der Waals surface area contributed by atoms with E-state index >= 15 is 0 Å². The summed E-state index contributed by atoms with van der Waals surface area (Å²) >= 11 is 0. The number of carbonyl (C=O) groups is 1. The van der Waals surface area contributed by atoms with Gasteiger partial charge in [0.15, 0.2) is 0 Å². The van der Waals surface area contributed by atoms with E-state index in [1.54, 1.807) is 17.3 Å². The van der Waals surface area contributed by atoms with Gasteiger partial charge in [0.1, 0.15) is 0 Å². The van der Waals surface area contributed by atoms with E-state index in [2.05, 4.69) is 20.4 Å². The maximum Gasteiger partial charge on any atom is 0.317 e. The van der Waals surface area contributed by atoms with Crippen molar-refractivity contribution in [2.75, 3.05) is 13.1 Å². The van der Waals surface area contributed by atoms with Gasteiger partial charge in [-0.25, -0.2) is 4.79 Å². The van der Waals surface area contributed by atoms with E-state index in [0.717, 1.165) is 5.56 Å². The van der Waals surface area contributed by atoms with Crippen LogP contribution in [0.5, 0.6) is 0 Å². The van der Waals surface area contributed by atoms with Gasteiger partial charge in [0.25, 0.3) is 0 Å². The van der Waals surface area contributed by atoms with Gasteiger partial charge < -0.3 is 14.7 Å². The minimum atomic E-state index is -0.0462. The van der Waals surface area contributed by atoms with Gasteiger partial charge in [-0.05, 0) is 26.0 Å². The van der Waals surface area contributed by atoms with E-state index in [1.807, 2.05) is 26.0 Å². The highest BCUT2D eigenvalue weighted by Gasteiger charge is 2.35. The summed E-state index contributed by atoms with van der Waals surface area (Å²) in [7, 11) is 0. The van der Waals surface area contributed by atoms with Crippen LogP contribution in [0.1, 0.15) is 25.7 Å². The lowest BCUT2D eigenvalue weighted by Crippen LogP contribution is -2.53. The summed E-state index contributed by atoms with van der Waals surface area (Å²) in [6, 6.07) is 3.75. The molecule has 2 aromatic rings. The van der Waals surface area contributed by atoms with Crippen LogP contribution in [0.3, 0.4) is 0 Å². The van der Waals surface area contributed by atoms with Crippen LogP contribution in [0.4, 0.5) is 4.79 Å². The van der Waals surface area contributed by atoms with Crippen LogP contribution in [0.2, 0.25) is 0 Å². The highest BCUT2D eigenvalue weighted by Crippen LogP contribution is 2.27. The van der Waals surface area contributed by atoms with Crippen molar-refractivity contribution >= 4 is 6.03 Å². The summed E-state index contributed by atoms with van der Waals surface area (Å²) < 4.78 is 5.29. The number of nitrogens with one attached hydrogen (secondary N) is 1. The third-order valence-corrected chi connectivity index (χ3v) is 3.31. The molecule has 1 fully saturated rings. The van der Waals surface area contributed by atoms with Crippen molar-refractivity contribution < 1.29 is 9.32 Å². The Hall–Kier alpha value is -2.44. The summed E-state index contributed by atoms with van der Waals surface area (Å²) in [5, 5.41) is 6.84. The highest BCUT2D eigenvalue weighted by molar-refractivity contribution is 5.75. The fourth-order valence-electron chi connectivity index (χ4n) is 2.16. The first kappa shape index (κ1) is 13.5. The molecule has 0 atom stereocenters. The van der Waals surface area contributed by atoms with Crippen LogP contribution in [0.25, 0.3) is 11.4 Å². The fraction of sp³-hybridized carbons (Fsp3) is 0.429. The quantitative estimate of drug-likeness (QED) is 0.928. The van der Waals surface area contributed by atoms with Crippen molar-refractivity contribution in [2.24, 2.45) is 0 Å². The average Bonchev–Trinajstić information content (AvgIpc) is 2.86. The van der Waals surface area contributed by atoms with Gasteiger partial charge in [-0.15, -0.1) is 0 Å². The van der Waals surface area contributed by atoms with Crippen LogP contribution in [-0.2, 0) is 0 Å². The van der Waals surface area contributed by atoms with Crippen molar-refractivity contribution in [3.8, 4) is 11.4 Å². The molecule has 3 rings (SSSR count). The number of nitrogens with zero attached hydrogens (tertiary/aromatic N) is 4. The van der Waals surface area contributed by atoms with Gasteiger partial charge in [-0.3, -0.25) is 4.98 Å². The number of hydrogen-bond donors (Lipinski definition) is 1. The van der Waals surface area contributed by atoms with Crippen LogP contribution in [0, 0.1) is 0 Å². The molecule has 110 valence electrons. The first-order valence-corrected chi connectivity index (χ1v) is 6.93. The molecule has 2 aromatic heterocycles. The van der Waals surface area contributed by atoms with E-state index in [9.17, 15) is 4.79 Å². The minimum Gasteiger partial charge on any atom is -0.339 e. The largest absolute Gasteiger partial charge is 0.339 e. The Bertz CT molecular complexity index is 619. The van der Waals surface area contributed by atoms with Crippen LogP contribution >= 0.6 is 0 Å². The molecule has 7 nitrogen and oxygen atoms in total. The maximum atomic E-state index is 11.8. The molecule has 1 N–H and O–H groups in total. The van der Waals surface area contributed by atoms with Crippen molar-refractivity contribution in [3.63, 3.8) is 0 Å². The number of amides is 2. The molecule has 0 bridgehead atoms. The third kappa shape index (κ3) is 2.86. The van der Waals surface area contributed by atoms with E-state index in [4.69, 9.17) is 4.52 Å². The standard InChI is InChI=1S/C14H17N5O2/c1-9(2)16-14(20)19-7-11(8-19)13-17-12(18-21-13)10-3-5-15-6-4-10/h3-6,9,11H,7-8H2,1-2H3,(H,16,20). The van der Waals surface area contributed by atoms with Gasteiger partial charge >= 0.3 is 6.03 Å². The summed E-state index contributed by atoms with van der Waals surface area (Å²) in [4.78, 5) is 21.9. The molecule has 0 radical (unpaired) electrons. The van der Waals surface area contributed by atoms with Crippen molar-refractivity contribution in [1.82, 2.24) is 25.3 Å². The predicted octanol–water partition coefficient (Wildman–Crippen LogP) is 1.65. The maximum absolute atomic E-state index is 11.8. The Morgan fingerprint density at radius 3 is 2.76 bits per heavy atom. The zero-order valence-corrected chi connectivity index (χ0v) is 12.0. The van der Waals surface area contributed by atoms with Crippen molar-refractivity contribution in [2.45, 2.75) is 25.8 Å². The molecule has 0 saturated carbocycles. The highest BCUT2D eigenvalue weighted by atomic mass is 16.5. The number of urea groups is 1. The first-order chi connectivity index (χ1) is 10.1. The molecule has 7 heteroatoms. The van der Waals surface area contributed by atoms with Crippen LogP contribution in [-0.4, -0.2) is 45.2 Å². The number of carbonyl (C=O) groups excluding carboxylic acids is 1. The number of hydrogen-bond acceptors (Lipinski definition) is 5. The Kier molecular flexibility index (Phi) is 3.55. The second-order valence-electron chi connectivity index (χ2n) is 5.40. The number of pyridine rings is 1. The number of likely N-dealkylation sites (tertiary alicyclic amines) is 1. The van der Waals surface area contributed by atoms with Gasteiger partial charge in [-0.2, -0.15) is 4.98 Å². The molecule has 1 aliphatic heterocycles. The summed E-state index contributed by atoms with van der Waals surface area (Å²) in [6.45, 7) is 5.09. The predicted molar refractivity (Wildman–Crippen MR) is 75.5 cm³/mol. The molecule has 0 unspecified atom stereocenters. The third-order valence-electron chi connectivity index (χ3n) is 3.31. The fourth-order valence-corrected chi connectivity index (χ4v) is 2.16. The molecule has 0 spiro atoms. The zero-order valence-electron chi connectivity index (χ0n) is 12.0. The molecule has 1 saturated heterocycles. The topological polar surface area (TPSA) is 84.2 Å². The van der Waals surface area contributed by atoms with Gasteiger partial charge in [0.2, 0.25) is 11.7 Å². The second kappa shape index (κ2) is 5.51. The van der Waals surface area contributed by atoms with Crippen molar-refractivity contribution in [1.29, 1.82) is 0 Å². The minimum absolute atomic E-state index is 0.0462. The van der Waals surface area contributed by atoms with Gasteiger partial charge in [-0.1, -0.05) is 5.16 Å². The lowest BCUT2D eigenvalue weighted by Gasteiger charge is -2.37. The average molecular weight is 287 g/mol. The molecule has 0 aliphatic carbocycles. The number of aromatic nitrogens is 3. The zero-order chi connectivity index (χ0) is 14.8. The molecule has 21 heavy (non-hydrogen) atoms. The van der Waals surface area contributed by atoms with Crippen LogP contribution < -0.4 is 5.32 Å². The lowest BCUT2D eigenvalue weighted by atomic mass is 10.0. The molecule has 0 aromatic carbocycles. The van der Waals surface area contributed by atoms with Gasteiger partial charge in [0.05, 0.1) is 5.92 Å². The molecule has 3 heterocycles. The van der Waals surface area contributed by atoms with E-state index in [1.165, 1.54) is 0 Å². The summed E-state index contributed by atoms with van der Waals surface area (Å²) in [5.41, 5.74) is 0.869. The Morgan fingerprint density at radius 1 is 1.38 bits per heavy atom.